The van der Waals surface area contributed by atoms with Crippen molar-refractivity contribution in [1.82, 2.24) is 11.1 Å². The first kappa shape index (κ1) is 5.94. The number of hydrogen-bond acceptors (Lipinski definition) is 2. The van der Waals surface area contributed by atoms with Crippen LogP contribution in [-0.4, -0.2) is 11.9 Å². The van der Waals surface area contributed by atoms with Crippen LogP contribution in [0.4, 0.5) is 4.79 Å². The summed E-state index contributed by atoms with van der Waals surface area (Å²) in [5, 5.41) is 1.69. The molecule has 0 aliphatic carbocycles. The molecule has 7 heavy (non-hydrogen) atoms. The van der Waals surface area contributed by atoms with Crippen molar-refractivity contribution in [3.8, 4) is 0 Å². The second kappa shape index (κ2) is 2.17. The van der Waals surface area contributed by atoms with Gasteiger partial charge in [0.1, 0.15) is 0 Å². The van der Waals surface area contributed by atoms with E-state index in [0.29, 0.717) is 0 Å². The molecule has 0 aromatic heterocycles. The molecule has 0 spiro atoms. The summed E-state index contributed by atoms with van der Waals surface area (Å²) in [6.45, 7) is 1.17. The first-order valence-corrected chi connectivity index (χ1v) is 1.66. The molecule has 0 aromatic carbocycles. The van der Waals surface area contributed by atoms with Crippen LogP contribution >= 0.6 is 0 Å². The van der Waals surface area contributed by atoms with Crippen LogP contribution in [-0.2, 0) is 4.79 Å². The van der Waals surface area contributed by atoms with Crippen LogP contribution in [0.5, 0.6) is 0 Å². The van der Waals surface area contributed by atoms with Crippen molar-refractivity contribution in [2.75, 3.05) is 0 Å². The summed E-state index contributed by atoms with van der Waals surface area (Å²) in [5.41, 5.74) is 6.14. The zero-order valence-electron chi connectivity index (χ0n) is 3.82. The van der Waals surface area contributed by atoms with Gasteiger partial charge in [0.25, 0.3) is 0 Å². The number of rotatable bonds is 0. The molecule has 0 heterocycles. The third-order valence-electron chi connectivity index (χ3n) is 0.290. The quantitative estimate of drug-likeness (QED) is 0.448. The van der Waals surface area contributed by atoms with E-state index < -0.39 is 11.9 Å². The Morgan fingerprint density at radius 2 is 2.00 bits per heavy atom. The minimum Gasteiger partial charge on any atom is -0.277 e. The Kier molecular flexibility index (Phi) is 1.84. The van der Waals surface area contributed by atoms with Crippen molar-refractivity contribution in [1.29, 1.82) is 0 Å². The first-order valence-electron chi connectivity index (χ1n) is 1.66. The molecule has 0 aliphatic rings. The lowest BCUT2D eigenvalue weighted by Crippen LogP contribution is -2.26. The summed E-state index contributed by atoms with van der Waals surface area (Å²) in [4.78, 5) is 19.4. The van der Waals surface area contributed by atoms with Crippen LogP contribution in [0, 0.1) is 0 Å². The molecule has 39 valence electrons. The van der Waals surface area contributed by atoms with E-state index in [-0.39, 0.29) is 0 Å². The number of carbonyl (C=O) groups is 2. The molecular weight excluding hydrogens is 96.0 g/mol. The maximum atomic E-state index is 9.80. The molecule has 3 amide bonds. The van der Waals surface area contributed by atoms with Crippen molar-refractivity contribution in [3.63, 3.8) is 0 Å². The Bertz CT molecular complexity index is 87.1. The van der Waals surface area contributed by atoms with Gasteiger partial charge >= 0.3 is 6.03 Å². The Balaban J connectivity index is 3.32. The standard InChI is InChI=1S/C3H5N2O2/c1-2(6)5-3(4)7/h4H,1H3,(H,5,6,7). The van der Waals surface area contributed by atoms with Gasteiger partial charge < -0.3 is 0 Å². The monoisotopic (exact) mass is 101 g/mol. The highest BCUT2D eigenvalue weighted by Crippen LogP contribution is 1.57. The average Bonchev–Trinajstić information content (AvgIpc) is 1.27. The van der Waals surface area contributed by atoms with E-state index in [9.17, 15) is 9.59 Å². The van der Waals surface area contributed by atoms with Gasteiger partial charge in [0.2, 0.25) is 5.91 Å². The van der Waals surface area contributed by atoms with Gasteiger partial charge in [-0.1, -0.05) is 0 Å². The highest BCUT2D eigenvalue weighted by molar-refractivity contribution is 5.91. The van der Waals surface area contributed by atoms with Crippen LogP contribution in [0.2, 0.25) is 0 Å². The molecule has 0 unspecified atom stereocenters. The van der Waals surface area contributed by atoms with E-state index in [4.69, 9.17) is 5.73 Å². The SMILES string of the molecule is CC(=O)NC([NH])=O. The maximum Gasteiger partial charge on any atom is 0.340 e. The fourth-order valence-corrected chi connectivity index (χ4v) is 0.160. The van der Waals surface area contributed by atoms with Crippen LogP contribution in [0.3, 0.4) is 0 Å². The third kappa shape index (κ3) is 4.94. The number of urea groups is 1. The molecule has 0 aliphatic heterocycles. The predicted molar refractivity (Wildman–Crippen MR) is 22.3 cm³/mol. The normalized spacial score (nSPS) is 7.57. The van der Waals surface area contributed by atoms with Crippen LogP contribution in [0.15, 0.2) is 0 Å². The lowest BCUT2D eigenvalue weighted by molar-refractivity contribution is -0.117. The molecule has 0 fully saturated rings. The van der Waals surface area contributed by atoms with Crippen molar-refractivity contribution in [2.45, 2.75) is 6.92 Å². The molecule has 0 bridgehead atoms. The summed E-state index contributed by atoms with van der Waals surface area (Å²) in [5.74, 6) is -0.500. The predicted octanol–water partition coefficient (Wildman–Crippen LogP) is -0.475. The smallest absolute Gasteiger partial charge is 0.277 e. The Morgan fingerprint density at radius 1 is 1.57 bits per heavy atom. The fourth-order valence-electron chi connectivity index (χ4n) is 0.160. The van der Waals surface area contributed by atoms with Gasteiger partial charge in [-0.05, 0) is 0 Å². The molecule has 0 atom stereocenters. The summed E-state index contributed by atoms with van der Waals surface area (Å²) in [7, 11) is 0. The zero-order valence-corrected chi connectivity index (χ0v) is 3.82. The second-order valence-electron chi connectivity index (χ2n) is 1.01. The molecule has 0 rings (SSSR count). The van der Waals surface area contributed by atoms with E-state index in [1.807, 2.05) is 0 Å². The number of hydrogen-bond donors (Lipinski definition) is 1. The maximum absolute atomic E-state index is 9.80. The average molecular weight is 101 g/mol. The van der Waals surface area contributed by atoms with E-state index >= 15 is 0 Å². The van der Waals surface area contributed by atoms with Gasteiger partial charge in [-0.25, -0.2) is 10.5 Å². The van der Waals surface area contributed by atoms with Gasteiger partial charge in [0.05, 0.1) is 0 Å². The van der Waals surface area contributed by atoms with Gasteiger partial charge in [-0.2, -0.15) is 0 Å². The van der Waals surface area contributed by atoms with E-state index in [2.05, 4.69) is 0 Å². The van der Waals surface area contributed by atoms with Gasteiger partial charge in [-0.15, -0.1) is 0 Å². The Hall–Kier alpha value is -1.06. The largest absolute Gasteiger partial charge is 0.340 e. The van der Waals surface area contributed by atoms with E-state index in [1.165, 1.54) is 6.92 Å². The molecule has 0 saturated heterocycles. The Labute approximate surface area is 40.7 Å². The van der Waals surface area contributed by atoms with Crippen molar-refractivity contribution in [3.05, 3.63) is 0 Å². The van der Waals surface area contributed by atoms with Crippen molar-refractivity contribution < 1.29 is 9.59 Å². The highest BCUT2D eigenvalue weighted by Gasteiger charge is 1.92. The molecule has 0 saturated carbocycles. The highest BCUT2D eigenvalue weighted by atomic mass is 16.2. The summed E-state index contributed by atoms with van der Waals surface area (Å²) < 4.78 is 0. The Morgan fingerprint density at radius 3 is 2.00 bits per heavy atom. The van der Waals surface area contributed by atoms with Crippen molar-refractivity contribution in [2.24, 2.45) is 0 Å². The fraction of sp³-hybridized carbons (Fsp3) is 0.333. The number of carbonyl (C=O) groups excluding carboxylic acids is 2. The lowest BCUT2D eigenvalue weighted by atomic mass is 10.7. The van der Waals surface area contributed by atoms with E-state index in [0.717, 1.165) is 0 Å². The van der Waals surface area contributed by atoms with Gasteiger partial charge in [-0.3, -0.25) is 10.1 Å². The molecule has 2 N–H and O–H groups in total. The van der Waals surface area contributed by atoms with E-state index in [1.54, 1.807) is 5.32 Å². The second-order valence-corrected chi connectivity index (χ2v) is 1.01. The van der Waals surface area contributed by atoms with Crippen LogP contribution in [0.1, 0.15) is 6.92 Å². The minimum atomic E-state index is -1.06. The molecule has 0 aromatic rings. The summed E-state index contributed by atoms with van der Waals surface area (Å²) in [6.07, 6.45) is 0. The minimum absolute atomic E-state index is 0.500. The first-order chi connectivity index (χ1) is 3.13. The lowest BCUT2D eigenvalue weighted by Gasteiger charge is -1.86. The molecule has 4 nitrogen and oxygen atoms in total. The van der Waals surface area contributed by atoms with Gasteiger partial charge in [0.15, 0.2) is 0 Å². The third-order valence-corrected chi connectivity index (χ3v) is 0.290. The summed E-state index contributed by atoms with van der Waals surface area (Å²) in [6, 6.07) is -1.06. The number of nitrogens with one attached hydrogen (secondary N) is 2. The zero-order chi connectivity index (χ0) is 5.86. The molecular formula is C3H5N2O2. The van der Waals surface area contributed by atoms with Crippen LogP contribution < -0.4 is 11.1 Å². The number of imide groups is 1. The van der Waals surface area contributed by atoms with Crippen LogP contribution in [0.25, 0.3) is 0 Å². The molecule has 1 radical (unpaired) electrons. The number of amides is 3. The topological polar surface area (TPSA) is 70.0 Å². The molecule has 4 heteroatoms. The van der Waals surface area contributed by atoms with Gasteiger partial charge in [0, 0.05) is 6.92 Å². The van der Waals surface area contributed by atoms with Crippen molar-refractivity contribution >= 4 is 11.9 Å². The summed E-state index contributed by atoms with van der Waals surface area (Å²) >= 11 is 0.